The molecule has 0 bridgehead atoms. The summed E-state index contributed by atoms with van der Waals surface area (Å²) in [6.07, 6.45) is 0. The molecule has 0 aliphatic heterocycles. The molecule has 1 aromatic heterocycles. The number of benzene rings is 1. The molecule has 0 spiro atoms. The number of hydrogen-bond donors (Lipinski definition) is 1. The van der Waals surface area contributed by atoms with Crippen molar-refractivity contribution >= 4 is 0 Å². The van der Waals surface area contributed by atoms with Crippen molar-refractivity contribution in [3.63, 3.8) is 0 Å². The lowest BCUT2D eigenvalue weighted by Gasteiger charge is -2.18. The predicted octanol–water partition coefficient (Wildman–Crippen LogP) is 2.91. The molecule has 1 atom stereocenters. The lowest BCUT2D eigenvalue weighted by molar-refractivity contribution is 0.442. The van der Waals surface area contributed by atoms with E-state index in [2.05, 4.69) is 17.3 Å². The predicted molar refractivity (Wildman–Crippen MR) is 74.6 cm³/mol. The number of aromatic nitrogens is 2. The number of nitrogens with zero attached hydrogens (tertiary/aromatic N) is 2. The Hall–Kier alpha value is -1.68. The van der Waals surface area contributed by atoms with Crippen LogP contribution in [0.15, 0.2) is 24.3 Å². The first-order valence-corrected chi connectivity index (χ1v) is 6.47. The third-order valence-corrected chi connectivity index (χ3v) is 3.73. The molecule has 3 nitrogen and oxygen atoms in total. The summed E-state index contributed by atoms with van der Waals surface area (Å²) in [7, 11) is 1.84. The van der Waals surface area contributed by atoms with Gasteiger partial charge in [-0.2, -0.15) is 5.10 Å². The van der Waals surface area contributed by atoms with E-state index in [0.717, 1.165) is 11.4 Å². The quantitative estimate of drug-likeness (QED) is 0.917. The van der Waals surface area contributed by atoms with Gasteiger partial charge in [-0.25, -0.2) is 4.39 Å². The van der Waals surface area contributed by atoms with E-state index >= 15 is 0 Å². The van der Waals surface area contributed by atoms with Crippen molar-refractivity contribution in [1.82, 2.24) is 15.1 Å². The minimum atomic E-state index is -0.180. The lowest BCUT2D eigenvalue weighted by atomic mass is 10.1. The number of likely N-dealkylation sites (N-methyl/N-ethyl adjacent to an activating group) is 1. The fourth-order valence-corrected chi connectivity index (χ4v) is 2.24. The number of nitrogens with one attached hydrogen (secondary N) is 1. The Morgan fingerprint density at radius 3 is 2.47 bits per heavy atom. The van der Waals surface area contributed by atoms with Gasteiger partial charge < -0.3 is 5.32 Å². The zero-order valence-corrected chi connectivity index (χ0v) is 11.9. The highest BCUT2D eigenvalue weighted by molar-refractivity contribution is 5.24. The van der Waals surface area contributed by atoms with Crippen LogP contribution >= 0.6 is 0 Å². The number of aryl methyl sites for hydroxylation is 1. The SMILES string of the molecule is CNC(Cn1nc(C)c(C)c1C)c1ccccc1F. The molecule has 1 unspecified atom stereocenters. The average Bonchev–Trinajstić information content (AvgIpc) is 2.64. The minimum Gasteiger partial charge on any atom is -0.311 e. The van der Waals surface area contributed by atoms with Crippen LogP contribution in [-0.2, 0) is 6.54 Å². The van der Waals surface area contributed by atoms with Gasteiger partial charge in [0.25, 0.3) is 0 Å². The molecule has 102 valence electrons. The summed E-state index contributed by atoms with van der Waals surface area (Å²) in [4.78, 5) is 0. The molecule has 0 saturated carbocycles. The molecule has 0 amide bonds. The smallest absolute Gasteiger partial charge is 0.128 e. The van der Waals surface area contributed by atoms with Crippen LogP contribution in [0.5, 0.6) is 0 Å². The van der Waals surface area contributed by atoms with Crippen molar-refractivity contribution in [2.24, 2.45) is 0 Å². The molecule has 2 rings (SSSR count). The molecule has 19 heavy (non-hydrogen) atoms. The van der Waals surface area contributed by atoms with E-state index in [1.807, 2.05) is 37.7 Å². The summed E-state index contributed by atoms with van der Waals surface area (Å²) in [5.74, 6) is -0.180. The van der Waals surface area contributed by atoms with Gasteiger partial charge in [-0.3, -0.25) is 4.68 Å². The molecule has 0 aliphatic carbocycles. The second-order valence-electron chi connectivity index (χ2n) is 4.84. The molecular weight excluding hydrogens is 241 g/mol. The van der Waals surface area contributed by atoms with Gasteiger partial charge in [0.2, 0.25) is 0 Å². The van der Waals surface area contributed by atoms with Gasteiger partial charge >= 0.3 is 0 Å². The van der Waals surface area contributed by atoms with Crippen LogP contribution in [0.3, 0.4) is 0 Å². The van der Waals surface area contributed by atoms with E-state index in [0.29, 0.717) is 12.1 Å². The van der Waals surface area contributed by atoms with E-state index < -0.39 is 0 Å². The normalized spacial score (nSPS) is 12.7. The van der Waals surface area contributed by atoms with E-state index in [-0.39, 0.29) is 11.9 Å². The molecule has 1 aromatic carbocycles. The molecule has 4 heteroatoms. The number of rotatable bonds is 4. The van der Waals surface area contributed by atoms with Crippen molar-refractivity contribution in [2.75, 3.05) is 7.05 Å². The summed E-state index contributed by atoms with van der Waals surface area (Å²) in [6.45, 7) is 6.73. The van der Waals surface area contributed by atoms with Gasteiger partial charge in [0.1, 0.15) is 5.82 Å². The molecule has 0 fully saturated rings. The number of halogens is 1. The Labute approximate surface area is 113 Å². The van der Waals surface area contributed by atoms with Crippen LogP contribution in [0.25, 0.3) is 0 Å². The van der Waals surface area contributed by atoms with Crippen LogP contribution in [0.4, 0.5) is 4.39 Å². The van der Waals surface area contributed by atoms with Crippen LogP contribution in [0, 0.1) is 26.6 Å². The van der Waals surface area contributed by atoms with Gasteiger partial charge in [-0.1, -0.05) is 18.2 Å². The van der Waals surface area contributed by atoms with Crippen molar-refractivity contribution < 1.29 is 4.39 Å². The molecule has 0 saturated heterocycles. The van der Waals surface area contributed by atoms with Gasteiger partial charge in [-0.05, 0) is 39.4 Å². The van der Waals surface area contributed by atoms with Gasteiger partial charge in [0, 0.05) is 11.3 Å². The summed E-state index contributed by atoms with van der Waals surface area (Å²) in [6, 6.07) is 6.79. The third kappa shape index (κ3) is 2.68. The minimum absolute atomic E-state index is 0.0846. The van der Waals surface area contributed by atoms with Crippen molar-refractivity contribution in [1.29, 1.82) is 0 Å². The average molecular weight is 261 g/mol. The zero-order chi connectivity index (χ0) is 14.0. The van der Waals surface area contributed by atoms with E-state index in [1.165, 1.54) is 11.6 Å². The maximum atomic E-state index is 13.8. The van der Waals surface area contributed by atoms with Crippen LogP contribution in [0.2, 0.25) is 0 Å². The Kier molecular flexibility index (Phi) is 4.00. The molecule has 0 radical (unpaired) electrons. The molecule has 0 aliphatic rings. The lowest BCUT2D eigenvalue weighted by Crippen LogP contribution is -2.24. The topological polar surface area (TPSA) is 29.9 Å². The van der Waals surface area contributed by atoms with Crippen LogP contribution in [0.1, 0.15) is 28.6 Å². The summed E-state index contributed by atoms with van der Waals surface area (Å²) in [5.41, 5.74) is 4.04. The third-order valence-electron chi connectivity index (χ3n) is 3.73. The van der Waals surface area contributed by atoms with Gasteiger partial charge in [0.15, 0.2) is 0 Å². The Morgan fingerprint density at radius 1 is 1.26 bits per heavy atom. The molecule has 1 N–H and O–H groups in total. The standard InChI is InChI=1S/C15H20FN3/c1-10-11(2)18-19(12(10)3)9-15(17-4)13-7-5-6-8-14(13)16/h5-8,15,17H,9H2,1-4H3. The Bertz CT molecular complexity index is 575. The van der Waals surface area contributed by atoms with Crippen molar-refractivity contribution in [3.8, 4) is 0 Å². The second-order valence-corrected chi connectivity index (χ2v) is 4.84. The highest BCUT2D eigenvalue weighted by atomic mass is 19.1. The zero-order valence-electron chi connectivity index (χ0n) is 11.9. The second kappa shape index (κ2) is 5.53. The van der Waals surface area contributed by atoms with E-state index in [9.17, 15) is 4.39 Å². The first kappa shape index (κ1) is 13.7. The summed E-state index contributed by atoms with van der Waals surface area (Å²) in [5, 5.41) is 7.67. The number of hydrogen-bond acceptors (Lipinski definition) is 2. The molecule has 2 aromatic rings. The summed E-state index contributed by atoms with van der Waals surface area (Å²) < 4.78 is 15.8. The first-order valence-electron chi connectivity index (χ1n) is 6.47. The highest BCUT2D eigenvalue weighted by Crippen LogP contribution is 2.20. The maximum absolute atomic E-state index is 13.8. The fourth-order valence-electron chi connectivity index (χ4n) is 2.24. The van der Waals surface area contributed by atoms with Crippen molar-refractivity contribution in [3.05, 3.63) is 52.6 Å². The molecule has 1 heterocycles. The van der Waals surface area contributed by atoms with E-state index in [1.54, 1.807) is 6.07 Å². The van der Waals surface area contributed by atoms with Gasteiger partial charge in [0.05, 0.1) is 18.3 Å². The largest absolute Gasteiger partial charge is 0.311 e. The van der Waals surface area contributed by atoms with Crippen LogP contribution in [-0.4, -0.2) is 16.8 Å². The van der Waals surface area contributed by atoms with Gasteiger partial charge in [-0.15, -0.1) is 0 Å². The fraction of sp³-hybridized carbons (Fsp3) is 0.400. The van der Waals surface area contributed by atoms with E-state index in [4.69, 9.17) is 0 Å². The molecular formula is C15H20FN3. The summed E-state index contributed by atoms with van der Waals surface area (Å²) >= 11 is 0. The Balaban J connectivity index is 2.29. The van der Waals surface area contributed by atoms with Crippen LogP contribution < -0.4 is 5.32 Å². The first-order chi connectivity index (χ1) is 9.04. The monoisotopic (exact) mass is 261 g/mol. The van der Waals surface area contributed by atoms with Crippen molar-refractivity contribution in [2.45, 2.75) is 33.4 Å². The maximum Gasteiger partial charge on any atom is 0.128 e. The highest BCUT2D eigenvalue weighted by Gasteiger charge is 2.16. The Morgan fingerprint density at radius 2 is 1.95 bits per heavy atom.